The van der Waals surface area contributed by atoms with Crippen LogP contribution in [0.15, 0.2) is 0 Å². The number of nitrogens with zero attached hydrogens (tertiary/aromatic N) is 2. The summed E-state index contributed by atoms with van der Waals surface area (Å²) in [5.74, 6) is 1.20. The van der Waals surface area contributed by atoms with E-state index in [4.69, 9.17) is 0 Å². The van der Waals surface area contributed by atoms with Gasteiger partial charge in [0.25, 0.3) is 0 Å². The molecule has 2 aliphatic rings. The lowest BCUT2D eigenvalue weighted by Gasteiger charge is -2.34. The Morgan fingerprint density at radius 2 is 2.00 bits per heavy atom. The molecule has 6 heteroatoms. The standard InChI is InChI=1S/C18H31N3O3/c1-13(2)16-12-20(17(23)5-4-9-19-14(3)22)10-8-18(24)21(16)11-15-6-7-15/h13,15-16H,4-12H2,1-3H3,(H,19,22)/t16-/m1/s1. The van der Waals surface area contributed by atoms with Crippen LogP contribution in [-0.2, 0) is 14.4 Å². The minimum atomic E-state index is -0.0709. The van der Waals surface area contributed by atoms with Crippen molar-refractivity contribution in [3.63, 3.8) is 0 Å². The zero-order valence-electron chi connectivity index (χ0n) is 15.2. The van der Waals surface area contributed by atoms with Gasteiger partial charge in [0.2, 0.25) is 17.7 Å². The van der Waals surface area contributed by atoms with Crippen LogP contribution in [0.4, 0.5) is 0 Å². The molecule has 1 atom stereocenters. The topological polar surface area (TPSA) is 69.7 Å². The molecule has 1 heterocycles. The molecular formula is C18H31N3O3. The van der Waals surface area contributed by atoms with Gasteiger partial charge in [-0.25, -0.2) is 0 Å². The quantitative estimate of drug-likeness (QED) is 0.714. The third-order valence-corrected chi connectivity index (χ3v) is 4.94. The third kappa shape index (κ3) is 5.49. The molecule has 0 spiro atoms. The highest BCUT2D eigenvalue weighted by atomic mass is 16.2. The van der Waals surface area contributed by atoms with E-state index >= 15 is 0 Å². The fourth-order valence-electron chi connectivity index (χ4n) is 3.25. The zero-order valence-corrected chi connectivity index (χ0v) is 15.2. The van der Waals surface area contributed by atoms with E-state index in [0.717, 1.165) is 6.54 Å². The highest BCUT2D eigenvalue weighted by Crippen LogP contribution is 2.32. The number of hydrogen-bond acceptors (Lipinski definition) is 3. The molecule has 0 bridgehead atoms. The lowest BCUT2D eigenvalue weighted by molar-refractivity contribution is -0.134. The average Bonchev–Trinajstić information content (AvgIpc) is 3.33. The average molecular weight is 337 g/mol. The summed E-state index contributed by atoms with van der Waals surface area (Å²) in [5, 5.41) is 2.71. The predicted molar refractivity (Wildman–Crippen MR) is 92.2 cm³/mol. The molecule has 1 aliphatic carbocycles. The van der Waals surface area contributed by atoms with Gasteiger partial charge in [0.05, 0.1) is 6.04 Å². The van der Waals surface area contributed by atoms with Crippen molar-refractivity contribution in [2.45, 2.75) is 58.9 Å². The maximum Gasteiger partial charge on any atom is 0.224 e. The molecule has 1 saturated heterocycles. The van der Waals surface area contributed by atoms with Gasteiger partial charge in [-0.3, -0.25) is 14.4 Å². The van der Waals surface area contributed by atoms with Crippen molar-refractivity contribution >= 4 is 17.7 Å². The highest BCUT2D eigenvalue weighted by Gasteiger charge is 2.36. The summed E-state index contributed by atoms with van der Waals surface area (Å²) in [6, 6.07) is 0.111. The smallest absolute Gasteiger partial charge is 0.224 e. The predicted octanol–water partition coefficient (Wildman–Crippen LogP) is 1.40. The number of carbonyl (C=O) groups excluding carboxylic acids is 3. The molecule has 2 rings (SSSR count). The van der Waals surface area contributed by atoms with Crippen molar-refractivity contribution < 1.29 is 14.4 Å². The van der Waals surface area contributed by atoms with E-state index in [2.05, 4.69) is 19.2 Å². The first kappa shape index (κ1) is 18.7. The molecule has 136 valence electrons. The minimum absolute atomic E-state index is 0.0709. The second-order valence-corrected chi connectivity index (χ2v) is 7.48. The second-order valence-electron chi connectivity index (χ2n) is 7.48. The van der Waals surface area contributed by atoms with E-state index in [-0.39, 0.29) is 23.8 Å². The van der Waals surface area contributed by atoms with E-state index < -0.39 is 0 Å². The monoisotopic (exact) mass is 337 g/mol. The summed E-state index contributed by atoms with van der Waals surface area (Å²) < 4.78 is 0. The van der Waals surface area contributed by atoms with Crippen LogP contribution >= 0.6 is 0 Å². The van der Waals surface area contributed by atoms with E-state index in [0.29, 0.717) is 50.7 Å². The Morgan fingerprint density at radius 1 is 1.29 bits per heavy atom. The Morgan fingerprint density at radius 3 is 2.58 bits per heavy atom. The van der Waals surface area contributed by atoms with Crippen LogP contribution in [0, 0.1) is 11.8 Å². The Labute approximate surface area is 144 Å². The van der Waals surface area contributed by atoms with Crippen LogP contribution in [-0.4, -0.2) is 59.7 Å². The summed E-state index contributed by atoms with van der Waals surface area (Å²) >= 11 is 0. The van der Waals surface area contributed by atoms with Crippen molar-refractivity contribution in [1.29, 1.82) is 0 Å². The van der Waals surface area contributed by atoms with E-state index in [1.54, 1.807) is 0 Å². The Kier molecular flexibility index (Phi) is 6.63. The lowest BCUT2D eigenvalue weighted by atomic mass is 10.0. The molecule has 2 fully saturated rings. The molecule has 0 aromatic rings. The van der Waals surface area contributed by atoms with Crippen LogP contribution in [0.5, 0.6) is 0 Å². The van der Waals surface area contributed by atoms with Crippen molar-refractivity contribution in [2.75, 3.05) is 26.2 Å². The minimum Gasteiger partial charge on any atom is -0.356 e. The van der Waals surface area contributed by atoms with Crippen LogP contribution in [0.25, 0.3) is 0 Å². The first-order valence-corrected chi connectivity index (χ1v) is 9.20. The molecule has 3 amide bonds. The second kappa shape index (κ2) is 8.49. The number of amides is 3. The Hall–Kier alpha value is -1.59. The van der Waals surface area contributed by atoms with Gasteiger partial charge in [0.1, 0.15) is 0 Å². The largest absolute Gasteiger partial charge is 0.356 e. The van der Waals surface area contributed by atoms with Crippen molar-refractivity contribution in [3.8, 4) is 0 Å². The molecule has 1 saturated carbocycles. The normalized spacial score (nSPS) is 21.8. The van der Waals surface area contributed by atoms with Gasteiger partial charge in [-0.15, -0.1) is 0 Å². The Balaban J connectivity index is 1.92. The van der Waals surface area contributed by atoms with Gasteiger partial charge >= 0.3 is 0 Å². The molecule has 0 aromatic carbocycles. The molecule has 1 N–H and O–H groups in total. The number of nitrogens with one attached hydrogen (secondary N) is 1. The fraction of sp³-hybridized carbons (Fsp3) is 0.833. The maximum absolute atomic E-state index is 12.5. The fourth-order valence-corrected chi connectivity index (χ4v) is 3.25. The van der Waals surface area contributed by atoms with Gasteiger partial charge in [-0.1, -0.05) is 13.8 Å². The van der Waals surface area contributed by atoms with Gasteiger partial charge in [-0.2, -0.15) is 0 Å². The highest BCUT2D eigenvalue weighted by molar-refractivity contribution is 5.80. The van der Waals surface area contributed by atoms with Gasteiger partial charge < -0.3 is 15.1 Å². The summed E-state index contributed by atoms with van der Waals surface area (Å²) in [6.07, 6.45) is 3.93. The third-order valence-electron chi connectivity index (χ3n) is 4.94. The molecule has 24 heavy (non-hydrogen) atoms. The Bertz CT molecular complexity index is 474. The maximum atomic E-state index is 12.5. The summed E-state index contributed by atoms with van der Waals surface area (Å²) in [4.78, 5) is 39.8. The molecule has 0 aromatic heterocycles. The van der Waals surface area contributed by atoms with Crippen LogP contribution in [0.2, 0.25) is 0 Å². The van der Waals surface area contributed by atoms with Crippen molar-refractivity contribution in [2.24, 2.45) is 11.8 Å². The van der Waals surface area contributed by atoms with E-state index in [1.165, 1.54) is 19.8 Å². The number of rotatable bonds is 7. The summed E-state index contributed by atoms with van der Waals surface area (Å²) in [5.41, 5.74) is 0. The van der Waals surface area contributed by atoms with Gasteiger partial charge in [-0.05, 0) is 31.1 Å². The lowest BCUT2D eigenvalue weighted by Crippen LogP contribution is -2.48. The SMILES string of the molecule is CC(=O)NCCCC(=O)N1CCC(=O)N(CC2CC2)[C@@H](C(C)C)C1. The first-order chi connectivity index (χ1) is 11.4. The molecule has 0 unspecified atom stereocenters. The van der Waals surface area contributed by atoms with E-state index in [1.807, 2.05) is 9.80 Å². The zero-order chi connectivity index (χ0) is 17.7. The van der Waals surface area contributed by atoms with Crippen LogP contribution < -0.4 is 5.32 Å². The van der Waals surface area contributed by atoms with Crippen molar-refractivity contribution in [3.05, 3.63) is 0 Å². The molecule has 1 aliphatic heterocycles. The van der Waals surface area contributed by atoms with Gasteiger partial charge in [0.15, 0.2) is 0 Å². The first-order valence-electron chi connectivity index (χ1n) is 9.20. The summed E-state index contributed by atoms with van der Waals surface area (Å²) in [7, 11) is 0. The molecule has 0 radical (unpaired) electrons. The van der Waals surface area contributed by atoms with Crippen molar-refractivity contribution in [1.82, 2.24) is 15.1 Å². The van der Waals surface area contributed by atoms with E-state index in [9.17, 15) is 14.4 Å². The van der Waals surface area contributed by atoms with Gasteiger partial charge in [0, 0.05) is 45.9 Å². The van der Waals surface area contributed by atoms with Crippen LogP contribution in [0.1, 0.15) is 52.9 Å². The van der Waals surface area contributed by atoms with Crippen LogP contribution in [0.3, 0.4) is 0 Å². The number of hydrogen-bond donors (Lipinski definition) is 1. The molecule has 6 nitrogen and oxygen atoms in total. The summed E-state index contributed by atoms with van der Waals surface area (Å²) in [6.45, 7) is 8.26. The molecular weight excluding hydrogens is 306 g/mol. The number of carbonyl (C=O) groups is 3.